The molecule has 0 aromatic heterocycles. The van der Waals surface area contributed by atoms with Crippen LogP contribution in [0.25, 0.3) is 0 Å². The molecule has 0 saturated carbocycles. The molecule has 2 amide bonds. The summed E-state index contributed by atoms with van der Waals surface area (Å²) in [6.45, 7) is 11.7. The SMILES string of the molecule is CCN(CC)CCOc1ccc(CNC(=O)C(NC(=O)c2ccccc2Cl)C(C)C)cc1OC. The predicted molar refractivity (Wildman–Crippen MR) is 136 cm³/mol. The van der Waals surface area contributed by atoms with Crippen LogP contribution in [-0.4, -0.2) is 56.1 Å². The van der Waals surface area contributed by atoms with Crippen molar-refractivity contribution < 1.29 is 19.1 Å². The lowest BCUT2D eigenvalue weighted by Gasteiger charge is -2.22. The Hall–Kier alpha value is -2.77. The summed E-state index contributed by atoms with van der Waals surface area (Å²) in [6, 6.07) is 11.6. The Balaban J connectivity index is 1.98. The highest BCUT2D eigenvalue weighted by molar-refractivity contribution is 6.33. The van der Waals surface area contributed by atoms with Crippen LogP contribution in [-0.2, 0) is 11.3 Å². The second-order valence-corrected chi connectivity index (χ2v) is 8.66. The van der Waals surface area contributed by atoms with E-state index in [2.05, 4.69) is 29.4 Å². The fourth-order valence-electron chi connectivity index (χ4n) is 3.46. The van der Waals surface area contributed by atoms with Gasteiger partial charge < -0.3 is 25.0 Å². The van der Waals surface area contributed by atoms with Crippen molar-refractivity contribution in [3.63, 3.8) is 0 Å². The fraction of sp³-hybridized carbons (Fsp3) is 0.462. The minimum Gasteiger partial charge on any atom is -0.493 e. The summed E-state index contributed by atoms with van der Waals surface area (Å²) in [5.74, 6) is 0.513. The van der Waals surface area contributed by atoms with Crippen LogP contribution in [0.3, 0.4) is 0 Å². The molecule has 34 heavy (non-hydrogen) atoms. The fourth-order valence-corrected chi connectivity index (χ4v) is 3.69. The van der Waals surface area contributed by atoms with E-state index >= 15 is 0 Å². The van der Waals surface area contributed by atoms with Gasteiger partial charge in [0, 0.05) is 13.1 Å². The maximum atomic E-state index is 12.9. The van der Waals surface area contributed by atoms with Crippen LogP contribution >= 0.6 is 11.6 Å². The first kappa shape index (κ1) is 27.5. The average Bonchev–Trinajstić information content (AvgIpc) is 2.84. The third-order valence-corrected chi connectivity index (χ3v) is 5.94. The number of likely N-dealkylation sites (N-methyl/N-ethyl adjacent to an activating group) is 1. The second-order valence-electron chi connectivity index (χ2n) is 8.25. The van der Waals surface area contributed by atoms with Crippen LogP contribution in [0.5, 0.6) is 11.5 Å². The van der Waals surface area contributed by atoms with Crippen LogP contribution in [0.15, 0.2) is 42.5 Å². The summed E-state index contributed by atoms with van der Waals surface area (Å²) in [6.07, 6.45) is 0. The molecule has 1 unspecified atom stereocenters. The number of benzene rings is 2. The van der Waals surface area contributed by atoms with Gasteiger partial charge in [0.15, 0.2) is 11.5 Å². The number of hydrogen-bond donors (Lipinski definition) is 2. The van der Waals surface area contributed by atoms with Gasteiger partial charge in [-0.15, -0.1) is 0 Å². The van der Waals surface area contributed by atoms with Crippen molar-refractivity contribution in [1.29, 1.82) is 0 Å². The zero-order chi connectivity index (χ0) is 25.1. The van der Waals surface area contributed by atoms with Gasteiger partial charge in [0.25, 0.3) is 5.91 Å². The number of nitrogens with one attached hydrogen (secondary N) is 2. The quantitative estimate of drug-likeness (QED) is 0.442. The van der Waals surface area contributed by atoms with Crippen molar-refractivity contribution in [3.8, 4) is 11.5 Å². The molecule has 0 bridgehead atoms. The van der Waals surface area contributed by atoms with E-state index in [0.29, 0.717) is 35.2 Å². The van der Waals surface area contributed by atoms with Gasteiger partial charge in [0.2, 0.25) is 5.91 Å². The summed E-state index contributed by atoms with van der Waals surface area (Å²) >= 11 is 6.12. The number of carbonyl (C=O) groups excluding carboxylic acids is 2. The number of nitrogens with zero attached hydrogens (tertiary/aromatic N) is 1. The highest BCUT2D eigenvalue weighted by Gasteiger charge is 2.25. The van der Waals surface area contributed by atoms with Gasteiger partial charge in [0.05, 0.1) is 17.7 Å². The van der Waals surface area contributed by atoms with Gasteiger partial charge in [-0.25, -0.2) is 0 Å². The van der Waals surface area contributed by atoms with Crippen molar-refractivity contribution in [2.75, 3.05) is 33.4 Å². The zero-order valence-corrected chi connectivity index (χ0v) is 21.4. The molecule has 2 rings (SSSR count). The topological polar surface area (TPSA) is 79.9 Å². The van der Waals surface area contributed by atoms with E-state index in [1.165, 1.54) is 0 Å². The lowest BCUT2D eigenvalue weighted by atomic mass is 10.0. The lowest BCUT2D eigenvalue weighted by molar-refractivity contribution is -0.124. The normalized spacial score (nSPS) is 11.9. The molecule has 0 heterocycles. The lowest BCUT2D eigenvalue weighted by Crippen LogP contribution is -2.49. The standard InChI is InChI=1S/C26H36ClN3O4/c1-6-30(7-2)14-15-34-22-13-12-19(16-23(22)33-5)17-28-26(32)24(18(3)4)29-25(31)20-10-8-9-11-21(20)27/h8-13,16,18,24H,6-7,14-15,17H2,1-5H3,(H,28,32)(H,29,31). The van der Waals surface area contributed by atoms with Crippen molar-refractivity contribution >= 4 is 23.4 Å². The molecule has 2 N–H and O–H groups in total. The predicted octanol–water partition coefficient (Wildman–Crippen LogP) is 4.14. The number of carbonyl (C=O) groups is 2. The smallest absolute Gasteiger partial charge is 0.253 e. The first-order valence-electron chi connectivity index (χ1n) is 11.7. The van der Waals surface area contributed by atoms with Crippen molar-refractivity contribution in [2.24, 2.45) is 5.92 Å². The highest BCUT2D eigenvalue weighted by atomic mass is 35.5. The molecule has 0 aliphatic heterocycles. The molecule has 2 aromatic rings. The Bertz CT molecular complexity index is 947. The van der Waals surface area contributed by atoms with E-state index in [1.807, 2.05) is 32.0 Å². The summed E-state index contributed by atoms with van der Waals surface area (Å²) in [5, 5.41) is 6.05. The van der Waals surface area contributed by atoms with Crippen LogP contribution < -0.4 is 20.1 Å². The summed E-state index contributed by atoms with van der Waals surface area (Å²) in [4.78, 5) is 27.8. The second kappa shape index (κ2) is 13.8. The van der Waals surface area contributed by atoms with Gasteiger partial charge in [-0.2, -0.15) is 0 Å². The molecule has 0 aliphatic carbocycles. The van der Waals surface area contributed by atoms with E-state index in [4.69, 9.17) is 21.1 Å². The number of ether oxygens (including phenoxy) is 2. The minimum absolute atomic E-state index is 0.109. The molecule has 0 radical (unpaired) electrons. The third-order valence-electron chi connectivity index (χ3n) is 5.61. The van der Waals surface area contributed by atoms with E-state index in [0.717, 1.165) is 25.2 Å². The number of methoxy groups -OCH3 is 1. The van der Waals surface area contributed by atoms with Gasteiger partial charge in [-0.05, 0) is 48.8 Å². The monoisotopic (exact) mass is 489 g/mol. The van der Waals surface area contributed by atoms with Crippen LogP contribution in [0.1, 0.15) is 43.6 Å². The number of rotatable bonds is 13. The molecule has 7 nitrogen and oxygen atoms in total. The molecular formula is C26H36ClN3O4. The van der Waals surface area contributed by atoms with Gasteiger partial charge in [-0.3, -0.25) is 9.59 Å². The largest absolute Gasteiger partial charge is 0.493 e. The van der Waals surface area contributed by atoms with Gasteiger partial charge in [-0.1, -0.05) is 57.5 Å². The Morgan fingerprint density at radius 1 is 1.06 bits per heavy atom. The summed E-state index contributed by atoms with van der Waals surface area (Å²) in [5.41, 5.74) is 1.20. The number of halogens is 1. The molecule has 0 fully saturated rings. The zero-order valence-electron chi connectivity index (χ0n) is 20.7. The van der Waals surface area contributed by atoms with Gasteiger partial charge >= 0.3 is 0 Å². The Morgan fingerprint density at radius 3 is 2.38 bits per heavy atom. The molecular weight excluding hydrogens is 454 g/mol. The number of amides is 2. The van der Waals surface area contributed by atoms with Crippen molar-refractivity contribution in [2.45, 2.75) is 40.3 Å². The first-order valence-corrected chi connectivity index (χ1v) is 12.0. The Kier molecular flexibility index (Phi) is 11.2. The first-order chi connectivity index (χ1) is 16.3. The summed E-state index contributed by atoms with van der Waals surface area (Å²) < 4.78 is 11.4. The molecule has 0 saturated heterocycles. The van der Waals surface area contributed by atoms with Crippen molar-refractivity contribution in [1.82, 2.24) is 15.5 Å². The third kappa shape index (κ3) is 7.92. The van der Waals surface area contributed by atoms with Crippen LogP contribution in [0, 0.1) is 5.92 Å². The van der Waals surface area contributed by atoms with Crippen molar-refractivity contribution in [3.05, 3.63) is 58.6 Å². The maximum absolute atomic E-state index is 12.9. The van der Waals surface area contributed by atoms with E-state index in [-0.39, 0.29) is 17.7 Å². The van der Waals surface area contributed by atoms with Crippen LogP contribution in [0.4, 0.5) is 0 Å². The van der Waals surface area contributed by atoms with E-state index < -0.39 is 6.04 Å². The molecule has 0 aliphatic rings. The average molecular weight is 490 g/mol. The molecule has 2 aromatic carbocycles. The molecule has 186 valence electrons. The minimum atomic E-state index is -0.701. The van der Waals surface area contributed by atoms with E-state index in [9.17, 15) is 9.59 Å². The molecule has 8 heteroatoms. The Labute approximate surface area is 207 Å². The highest BCUT2D eigenvalue weighted by Crippen LogP contribution is 2.28. The number of hydrogen-bond acceptors (Lipinski definition) is 5. The maximum Gasteiger partial charge on any atom is 0.253 e. The Morgan fingerprint density at radius 2 is 1.76 bits per heavy atom. The van der Waals surface area contributed by atoms with Crippen LogP contribution in [0.2, 0.25) is 5.02 Å². The van der Waals surface area contributed by atoms with E-state index in [1.54, 1.807) is 31.4 Å². The molecule has 0 spiro atoms. The summed E-state index contributed by atoms with van der Waals surface area (Å²) in [7, 11) is 1.59. The molecule has 1 atom stereocenters. The van der Waals surface area contributed by atoms with Gasteiger partial charge in [0.1, 0.15) is 12.6 Å².